The Balaban J connectivity index is 1.60. The van der Waals surface area contributed by atoms with Crippen LogP contribution in [0.5, 0.6) is 0 Å². The van der Waals surface area contributed by atoms with Gasteiger partial charge in [0.25, 0.3) is 0 Å². The average Bonchev–Trinajstić information content (AvgIpc) is 4.06. The van der Waals surface area contributed by atoms with Crippen LogP contribution in [0.15, 0.2) is 48.0 Å². The molecule has 3 heterocycles. The number of hydrogen-bond donors (Lipinski definition) is 14. The van der Waals surface area contributed by atoms with E-state index in [1.807, 2.05) is 18.2 Å². The number of carbonyl (C=O) groups excluding carboxylic acids is 8. The van der Waals surface area contributed by atoms with Gasteiger partial charge in [-0.15, -0.1) is 0 Å². The smallest absolute Gasteiger partial charge is 0.245 e. The number of amides is 8. The van der Waals surface area contributed by atoms with Gasteiger partial charge < -0.3 is 80.3 Å². The second kappa shape index (κ2) is 24.2. The number of nitrogens with zero attached hydrogens (tertiary/aromatic N) is 3. The molecule has 9 atom stereocenters. The molecular formula is C41H61N15O10. The monoisotopic (exact) mass is 923 g/mol. The third-order valence-corrected chi connectivity index (χ3v) is 11.0. The molecule has 19 N–H and O–H groups in total. The van der Waals surface area contributed by atoms with Crippen LogP contribution < -0.4 is 55.3 Å². The first-order valence-corrected chi connectivity index (χ1v) is 21.4. The summed E-state index contributed by atoms with van der Waals surface area (Å²) in [6, 6.07) is -2.37. The molecule has 3 aromatic rings. The third kappa shape index (κ3) is 14.7. The van der Waals surface area contributed by atoms with Gasteiger partial charge in [-0.1, -0.05) is 18.2 Å². The van der Waals surface area contributed by atoms with E-state index in [0.717, 1.165) is 10.9 Å². The Kier molecular flexibility index (Phi) is 18.9. The molecule has 2 aromatic heterocycles. The Morgan fingerprint density at radius 1 is 0.818 bits per heavy atom. The number of fused-ring (bicyclic) bond motifs is 1. The minimum Gasteiger partial charge on any atom is -0.391 e. The van der Waals surface area contributed by atoms with Crippen LogP contribution in [0.3, 0.4) is 0 Å². The highest BCUT2D eigenvalue weighted by Gasteiger charge is 2.40. The molecule has 0 bridgehead atoms. The summed E-state index contributed by atoms with van der Waals surface area (Å²) in [7, 11) is 0. The number of aromatic amines is 2. The maximum atomic E-state index is 14.5. The van der Waals surface area contributed by atoms with Crippen molar-refractivity contribution in [1.29, 1.82) is 0 Å². The lowest BCUT2D eigenvalue weighted by molar-refractivity contribution is -0.143. The van der Waals surface area contributed by atoms with E-state index in [2.05, 4.69) is 46.5 Å². The average molecular weight is 924 g/mol. The van der Waals surface area contributed by atoms with Crippen molar-refractivity contribution in [3.63, 3.8) is 0 Å². The van der Waals surface area contributed by atoms with E-state index in [-0.39, 0.29) is 64.0 Å². The minimum atomic E-state index is -1.50. The number of imidazole rings is 1. The van der Waals surface area contributed by atoms with Gasteiger partial charge in [0.15, 0.2) is 5.96 Å². The van der Waals surface area contributed by atoms with Gasteiger partial charge in [0.2, 0.25) is 47.3 Å². The lowest BCUT2D eigenvalue weighted by Gasteiger charge is -2.31. The highest BCUT2D eigenvalue weighted by molar-refractivity contribution is 5.98. The number of aliphatic hydroxyl groups is 2. The summed E-state index contributed by atoms with van der Waals surface area (Å²) >= 11 is 0. The zero-order valence-corrected chi connectivity index (χ0v) is 36.7. The van der Waals surface area contributed by atoms with Crippen molar-refractivity contribution in [3.05, 3.63) is 54.2 Å². The topological polar surface area (TPSA) is 427 Å². The number of aliphatic hydroxyl groups excluding tert-OH is 2. The number of carbonyl (C=O) groups is 8. The molecule has 0 radical (unpaired) electrons. The molecule has 4 rings (SSSR count). The fourth-order valence-corrected chi connectivity index (χ4v) is 7.36. The molecular weight excluding hydrogens is 863 g/mol. The standard InChI is InChI=1S/C41H61N15O10/c1-20(57)32(43)39(65)54-29(16-23-18-47-19-50-23)36(62)51-26(11-12-31(42)59)35(61)52-27(9-5-13-48-41(45)46)40(66)56-14-6-10-30(56)38(64)53-28(37(63)55-33(21(2)58)34(44)60)15-22-17-49-25-8-4-3-7-24(22)25/h3-4,7-8,17-21,26-30,32-33,49,57-58H,5-6,9-16,43H2,1-2H3,(H2,42,59)(H2,44,60)(H,47,50)(H,51,62)(H,52,61)(H,53,64)(H,54,65)(H,55,63)(H4,45,46,48)/t20-,21-,26+,27+,28+,29+,30+,32+,33+/m1/s1. The number of para-hydroxylation sites is 1. The van der Waals surface area contributed by atoms with E-state index in [1.54, 1.807) is 12.3 Å². The first-order valence-electron chi connectivity index (χ1n) is 21.4. The van der Waals surface area contributed by atoms with Crippen molar-refractivity contribution in [2.45, 2.75) is 120 Å². The molecule has 360 valence electrons. The maximum Gasteiger partial charge on any atom is 0.245 e. The van der Waals surface area contributed by atoms with Crippen LogP contribution in [-0.4, -0.2) is 151 Å². The molecule has 25 nitrogen and oxygen atoms in total. The summed E-state index contributed by atoms with van der Waals surface area (Å²) in [5.74, 6) is -7.00. The molecule has 1 aliphatic rings. The number of primary amides is 2. The van der Waals surface area contributed by atoms with Gasteiger partial charge in [0.05, 0.1) is 18.5 Å². The number of hydrogen-bond acceptors (Lipinski definition) is 13. The molecule has 1 saturated heterocycles. The summed E-state index contributed by atoms with van der Waals surface area (Å²) in [6.07, 6.45) is 1.40. The first-order chi connectivity index (χ1) is 31.3. The van der Waals surface area contributed by atoms with E-state index >= 15 is 0 Å². The van der Waals surface area contributed by atoms with Gasteiger partial charge in [0, 0.05) is 61.3 Å². The zero-order valence-electron chi connectivity index (χ0n) is 36.7. The summed E-state index contributed by atoms with van der Waals surface area (Å²) in [5.41, 5.74) is 29.5. The first kappa shape index (κ1) is 51.5. The minimum absolute atomic E-state index is 0.0424. The van der Waals surface area contributed by atoms with Gasteiger partial charge in [-0.3, -0.25) is 43.3 Å². The Labute approximate surface area is 379 Å². The van der Waals surface area contributed by atoms with Crippen LogP contribution in [0, 0.1) is 0 Å². The zero-order chi connectivity index (χ0) is 48.7. The Hall–Kier alpha value is -7.12. The Morgan fingerprint density at radius 2 is 1.47 bits per heavy atom. The summed E-state index contributed by atoms with van der Waals surface area (Å²) in [4.78, 5) is 122. The lowest BCUT2D eigenvalue weighted by Crippen LogP contribution is -2.60. The van der Waals surface area contributed by atoms with Crippen molar-refractivity contribution < 1.29 is 48.6 Å². The summed E-state index contributed by atoms with van der Waals surface area (Å²) < 4.78 is 0. The van der Waals surface area contributed by atoms with E-state index in [9.17, 15) is 48.6 Å². The maximum absolute atomic E-state index is 14.5. The predicted octanol–water partition coefficient (Wildman–Crippen LogP) is -5.02. The number of benzene rings is 1. The van der Waals surface area contributed by atoms with Gasteiger partial charge in [-0.2, -0.15) is 0 Å². The highest BCUT2D eigenvalue weighted by atomic mass is 16.3. The molecule has 0 spiro atoms. The number of nitrogens with two attached hydrogens (primary N) is 5. The fraction of sp³-hybridized carbons (Fsp3) is 0.512. The van der Waals surface area contributed by atoms with E-state index in [0.29, 0.717) is 17.7 Å². The van der Waals surface area contributed by atoms with Crippen LogP contribution in [0.2, 0.25) is 0 Å². The van der Waals surface area contributed by atoms with Crippen LogP contribution in [0.1, 0.15) is 63.6 Å². The largest absolute Gasteiger partial charge is 0.391 e. The van der Waals surface area contributed by atoms with Crippen molar-refractivity contribution >= 4 is 64.1 Å². The molecule has 66 heavy (non-hydrogen) atoms. The van der Waals surface area contributed by atoms with Gasteiger partial charge in [0.1, 0.15) is 42.3 Å². The Bertz CT molecular complexity index is 2210. The molecule has 25 heteroatoms. The normalized spacial score (nSPS) is 17.2. The number of nitrogens with one attached hydrogen (secondary N) is 7. The van der Waals surface area contributed by atoms with Gasteiger partial charge >= 0.3 is 0 Å². The van der Waals surface area contributed by atoms with Crippen molar-refractivity contribution in [2.24, 2.45) is 33.7 Å². The van der Waals surface area contributed by atoms with Crippen LogP contribution in [0.25, 0.3) is 10.9 Å². The molecule has 1 fully saturated rings. The molecule has 0 unspecified atom stereocenters. The Morgan fingerprint density at radius 3 is 2.11 bits per heavy atom. The fourth-order valence-electron chi connectivity index (χ4n) is 7.36. The van der Waals surface area contributed by atoms with Crippen molar-refractivity contribution in [1.82, 2.24) is 46.4 Å². The third-order valence-electron chi connectivity index (χ3n) is 11.0. The number of likely N-dealkylation sites (tertiary alicyclic amines) is 1. The van der Waals surface area contributed by atoms with E-state index < -0.39 is 102 Å². The number of H-pyrrole nitrogens is 2. The second-order valence-corrected chi connectivity index (χ2v) is 16.1. The number of rotatable bonds is 25. The van der Waals surface area contributed by atoms with Crippen LogP contribution in [0.4, 0.5) is 0 Å². The summed E-state index contributed by atoms with van der Waals surface area (Å²) in [5, 5.41) is 33.6. The molecule has 1 aromatic carbocycles. The van der Waals surface area contributed by atoms with Crippen LogP contribution in [-0.2, 0) is 51.2 Å². The van der Waals surface area contributed by atoms with E-state index in [4.69, 9.17) is 28.7 Å². The van der Waals surface area contributed by atoms with E-state index in [1.165, 1.54) is 31.3 Å². The van der Waals surface area contributed by atoms with Gasteiger partial charge in [-0.25, -0.2) is 4.98 Å². The van der Waals surface area contributed by atoms with Crippen molar-refractivity contribution in [3.8, 4) is 0 Å². The van der Waals surface area contributed by atoms with Gasteiger partial charge in [-0.05, 0) is 57.6 Å². The quantitative estimate of drug-likeness (QED) is 0.0215. The lowest BCUT2D eigenvalue weighted by atomic mass is 10.0. The SMILES string of the molecule is C[C@@H](O)[C@H](N)C(=O)N[C@@H](Cc1cnc[nH]1)C(=O)N[C@@H](CCC(N)=O)C(=O)N[C@@H](CCCN=C(N)N)C(=O)N1CCC[C@H]1C(=O)N[C@@H](Cc1c[nH]c2ccccc12)C(=O)N[C@H](C(N)=O)[C@@H](C)O. The molecule has 0 aliphatic carbocycles. The summed E-state index contributed by atoms with van der Waals surface area (Å²) in [6.45, 7) is 2.66. The second-order valence-electron chi connectivity index (χ2n) is 16.1. The number of guanidine groups is 1. The highest BCUT2D eigenvalue weighted by Crippen LogP contribution is 2.22. The number of aromatic nitrogens is 3. The molecule has 8 amide bonds. The molecule has 0 saturated carbocycles. The number of aliphatic imine (C=N–C) groups is 1. The molecule has 1 aliphatic heterocycles. The van der Waals surface area contributed by atoms with Crippen molar-refractivity contribution in [2.75, 3.05) is 13.1 Å². The predicted molar refractivity (Wildman–Crippen MR) is 238 cm³/mol. The van der Waals surface area contributed by atoms with Crippen LogP contribution >= 0.6 is 0 Å².